The summed E-state index contributed by atoms with van der Waals surface area (Å²) >= 11 is 0. The average molecular weight is 315 g/mol. The summed E-state index contributed by atoms with van der Waals surface area (Å²) in [6, 6.07) is 3.39. The molecule has 1 heterocycles. The predicted molar refractivity (Wildman–Crippen MR) is 76.1 cm³/mol. The monoisotopic (exact) mass is 315 g/mol. The number of aliphatic hydroxyl groups excluding tert-OH is 1. The Morgan fingerprint density at radius 3 is 2.71 bits per heavy atom. The molecule has 0 radical (unpaired) electrons. The molecule has 0 amide bonds. The molecule has 0 bridgehead atoms. The zero-order valence-electron chi connectivity index (χ0n) is 11.5. The van der Waals surface area contributed by atoms with Gasteiger partial charge in [0.15, 0.2) is 0 Å². The molecule has 1 aliphatic heterocycles. The molecule has 9 heteroatoms. The maximum Gasteiger partial charge on any atom is 0.293 e. The van der Waals surface area contributed by atoms with E-state index in [1.807, 2.05) is 6.92 Å². The molecule has 1 aliphatic rings. The topological polar surface area (TPSA) is 127 Å². The van der Waals surface area contributed by atoms with E-state index in [1.54, 1.807) is 0 Å². The highest BCUT2D eigenvalue weighted by Gasteiger charge is 2.33. The van der Waals surface area contributed by atoms with Gasteiger partial charge in [0.05, 0.1) is 15.9 Å². The summed E-state index contributed by atoms with van der Waals surface area (Å²) in [7, 11) is -3.88. The molecule has 0 aliphatic carbocycles. The van der Waals surface area contributed by atoms with Crippen LogP contribution in [0.25, 0.3) is 0 Å². The van der Waals surface area contributed by atoms with Crippen molar-refractivity contribution < 1.29 is 18.4 Å². The van der Waals surface area contributed by atoms with Gasteiger partial charge in [0.2, 0.25) is 10.0 Å². The van der Waals surface area contributed by atoms with Gasteiger partial charge in [-0.15, -0.1) is 0 Å². The number of anilines is 1. The molecule has 21 heavy (non-hydrogen) atoms. The summed E-state index contributed by atoms with van der Waals surface area (Å²) in [4.78, 5) is 9.94. The third-order valence-electron chi connectivity index (χ3n) is 3.72. The van der Waals surface area contributed by atoms with Crippen molar-refractivity contribution in [3.63, 3.8) is 0 Å². The van der Waals surface area contributed by atoms with Crippen molar-refractivity contribution in [3.8, 4) is 0 Å². The number of nitrogens with zero attached hydrogens (tertiary/aromatic N) is 2. The van der Waals surface area contributed by atoms with E-state index in [0.29, 0.717) is 6.42 Å². The zero-order valence-corrected chi connectivity index (χ0v) is 12.3. The van der Waals surface area contributed by atoms with Gasteiger partial charge in [-0.1, -0.05) is 6.92 Å². The standard InChI is InChI=1S/C12H17N3O5S/c1-8-4-5-14(7-12(8)16)21(19,20)9-2-3-10(13)11(6-9)15(17)18/h2-3,6,8,12,16H,4-5,7,13H2,1H3. The summed E-state index contributed by atoms with van der Waals surface area (Å²) in [6.07, 6.45) is -0.199. The molecule has 1 aromatic carbocycles. The molecular formula is C12H17N3O5S. The Morgan fingerprint density at radius 1 is 1.48 bits per heavy atom. The van der Waals surface area contributed by atoms with Crippen molar-refractivity contribution in [3.05, 3.63) is 28.3 Å². The molecule has 116 valence electrons. The third kappa shape index (κ3) is 2.99. The molecule has 3 N–H and O–H groups in total. The molecule has 0 saturated carbocycles. The fourth-order valence-electron chi connectivity index (χ4n) is 2.23. The highest BCUT2D eigenvalue weighted by atomic mass is 32.2. The highest BCUT2D eigenvalue weighted by Crippen LogP contribution is 2.28. The van der Waals surface area contributed by atoms with Gasteiger partial charge in [-0.3, -0.25) is 10.1 Å². The number of nitrogens with two attached hydrogens (primary N) is 1. The predicted octanol–water partition coefficient (Wildman–Crippen LogP) is 0.568. The van der Waals surface area contributed by atoms with Crippen LogP contribution in [0.2, 0.25) is 0 Å². The van der Waals surface area contributed by atoms with Gasteiger partial charge in [0.1, 0.15) is 5.69 Å². The van der Waals surface area contributed by atoms with E-state index in [0.717, 1.165) is 10.4 Å². The van der Waals surface area contributed by atoms with Crippen LogP contribution in [0.5, 0.6) is 0 Å². The maximum absolute atomic E-state index is 12.5. The number of hydrogen-bond donors (Lipinski definition) is 2. The second kappa shape index (κ2) is 5.58. The van der Waals surface area contributed by atoms with E-state index in [2.05, 4.69) is 0 Å². The van der Waals surface area contributed by atoms with Crippen LogP contribution < -0.4 is 5.73 Å². The largest absolute Gasteiger partial charge is 0.393 e. The average Bonchev–Trinajstić information content (AvgIpc) is 2.41. The first-order chi connectivity index (χ1) is 9.73. The Balaban J connectivity index is 2.36. The number of rotatable bonds is 3. The fourth-order valence-corrected chi connectivity index (χ4v) is 3.72. The van der Waals surface area contributed by atoms with Crippen molar-refractivity contribution in [2.45, 2.75) is 24.3 Å². The van der Waals surface area contributed by atoms with E-state index < -0.39 is 26.7 Å². The quantitative estimate of drug-likeness (QED) is 0.477. The minimum atomic E-state index is -3.88. The first kappa shape index (κ1) is 15.7. The van der Waals surface area contributed by atoms with Crippen LogP contribution in [0, 0.1) is 16.0 Å². The lowest BCUT2D eigenvalue weighted by Crippen LogP contribution is -2.45. The van der Waals surface area contributed by atoms with Crippen LogP contribution in [-0.4, -0.2) is 41.9 Å². The number of sulfonamides is 1. The van der Waals surface area contributed by atoms with Crippen molar-refractivity contribution in [1.29, 1.82) is 0 Å². The Kier molecular flexibility index (Phi) is 4.17. The van der Waals surface area contributed by atoms with Gasteiger partial charge in [-0.25, -0.2) is 8.42 Å². The van der Waals surface area contributed by atoms with Crippen LogP contribution in [0.4, 0.5) is 11.4 Å². The Bertz CT molecular complexity index is 661. The second-order valence-electron chi connectivity index (χ2n) is 5.17. The first-order valence-electron chi connectivity index (χ1n) is 6.45. The normalized spacial score (nSPS) is 23.9. The first-order valence-corrected chi connectivity index (χ1v) is 7.89. The SMILES string of the molecule is CC1CCN(S(=O)(=O)c2ccc(N)c([N+](=O)[O-])c2)CC1O. The lowest BCUT2D eigenvalue weighted by atomic mass is 9.98. The molecule has 2 atom stereocenters. The molecule has 2 unspecified atom stereocenters. The van der Waals surface area contributed by atoms with E-state index in [1.165, 1.54) is 12.1 Å². The Hall–Kier alpha value is -1.71. The molecule has 1 aromatic rings. The van der Waals surface area contributed by atoms with Crippen molar-refractivity contribution in [2.24, 2.45) is 5.92 Å². The van der Waals surface area contributed by atoms with Gasteiger partial charge >= 0.3 is 0 Å². The van der Waals surface area contributed by atoms with E-state index >= 15 is 0 Å². The third-order valence-corrected chi connectivity index (χ3v) is 5.58. The molecule has 1 fully saturated rings. The zero-order chi connectivity index (χ0) is 15.8. The van der Waals surface area contributed by atoms with E-state index in [-0.39, 0.29) is 29.6 Å². The summed E-state index contributed by atoms with van der Waals surface area (Å²) in [6.45, 7) is 2.11. The Labute approximate surface area is 122 Å². The van der Waals surface area contributed by atoms with Gasteiger partial charge in [-0.2, -0.15) is 4.31 Å². The van der Waals surface area contributed by atoms with Crippen LogP contribution in [0.1, 0.15) is 13.3 Å². The van der Waals surface area contributed by atoms with E-state index in [9.17, 15) is 23.6 Å². The van der Waals surface area contributed by atoms with Crippen LogP contribution in [0.15, 0.2) is 23.1 Å². The summed E-state index contributed by atoms with van der Waals surface area (Å²) < 4.78 is 26.1. The van der Waals surface area contributed by atoms with Crippen molar-refractivity contribution in [2.75, 3.05) is 18.8 Å². The summed E-state index contributed by atoms with van der Waals surface area (Å²) in [5, 5.41) is 20.7. The minimum absolute atomic E-state index is 0.0122. The molecule has 0 spiro atoms. The number of β-amino-alcohol motifs (C(OH)–C–C–N with tert-alkyl or cyclic N) is 1. The fraction of sp³-hybridized carbons (Fsp3) is 0.500. The maximum atomic E-state index is 12.5. The smallest absolute Gasteiger partial charge is 0.293 e. The minimum Gasteiger partial charge on any atom is -0.393 e. The number of piperidine rings is 1. The molecular weight excluding hydrogens is 298 g/mol. The second-order valence-corrected chi connectivity index (χ2v) is 7.11. The van der Waals surface area contributed by atoms with Gasteiger partial charge in [0, 0.05) is 19.2 Å². The number of nitrogen functional groups attached to an aromatic ring is 1. The number of benzene rings is 1. The number of nitro groups is 1. The lowest BCUT2D eigenvalue weighted by Gasteiger charge is -2.33. The van der Waals surface area contributed by atoms with E-state index in [4.69, 9.17) is 5.73 Å². The van der Waals surface area contributed by atoms with Gasteiger partial charge < -0.3 is 10.8 Å². The Morgan fingerprint density at radius 2 is 2.14 bits per heavy atom. The van der Waals surface area contributed by atoms with Crippen LogP contribution >= 0.6 is 0 Å². The molecule has 2 rings (SSSR count). The number of hydrogen-bond acceptors (Lipinski definition) is 6. The number of aliphatic hydroxyl groups is 1. The molecule has 0 aromatic heterocycles. The highest BCUT2D eigenvalue weighted by molar-refractivity contribution is 7.89. The van der Waals surface area contributed by atoms with Gasteiger partial charge in [-0.05, 0) is 24.5 Å². The van der Waals surface area contributed by atoms with Crippen molar-refractivity contribution in [1.82, 2.24) is 4.31 Å². The van der Waals surface area contributed by atoms with Crippen molar-refractivity contribution >= 4 is 21.4 Å². The molecule has 8 nitrogen and oxygen atoms in total. The summed E-state index contributed by atoms with van der Waals surface area (Å²) in [5.41, 5.74) is 4.93. The lowest BCUT2D eigenvalue weighted by molar-refractivity contribution is -0.384. The number of nitro benzene ring substituents is 1. The van der Waals surface area contributed by atoms with Crippen LogP contribution in [-0.2, 0) is 10.0 Å². The molecule has 1 saturated heterocycles. The van der Waals surface area contributed by atoms with Crippen LogP contribution in [0.3, 0.4) is 0 Å². The summed E-state index contributed by atoms with van der Waals surface area (Å²) in [5.74, 6) is 0.0252. The van der Waals surface area contributed by atoms with Gasteiger partial charge in [0.25, 0.3) is 5.69 Å².